The molecule has 33 heavy (non-hydrogen) atoms. The predicted molar refractivity (Wildman–Crippen MR) is 130 cm³/mol. The van der Waals surface area contributed by atoms with E-state index in [9.17, 15) is 14.4 Å². The third-order valence-corrected chi connectivity index (χ3v) is 5.86. The van der Waals surface area contributed by atoms with Gasteiger partial charge in [0, 0.05) is 5.02 Å². The lowest BCUT2D eigenvalue weighted by Crippen LogP contribution is -2.54. The summed E-state index contributed by atoms with van der Waals surface area (Å²) in [6.45, 7) is 2.11. The van der Waals surface area contributed by atoms with E-state index in [1.165, 1.54) is 6.08 Å². The van der Waals surface area contributed by atoms with E-state index in [4.69, 9.17) is 16.3 Å². The highest BCUT2D eigenvalue weighted by Crippen LogP contribution is 2.29. The number of nitrogens with one attached hydrogen (secondary N) is 1. The van der Waals surface area contributed by atoms with Crippen molar-refractivity contribution in [3.63, 3.8) is 0 Å². The fraction of sp³-hybridized carbons (Fsp3) is 0.0800. The van der Waals surface area contributed by atoms with Crippen molar-refractivity contribution in [3.05, 3.63) is 98.5 Å². The normalized spacial score (nSPS) is 15.1. The Bertz CT molecular complexity index is 1310. The average molecular weight is 526 g/mol. The summed E-state index contributed by atoms with van der Waals surface area (Å²) >= 11 is 9.47. The van der Waals surface area contributed by atoms with Crippen molar-refractivity contribution in [2.24, 2.45) is 0 Å². The minimum absolute atomic E-state index is 0.141. The van der Waals surface area contributed by atoms with Gasteiger partial charge in [-0.2, -0.15) is 0 Å². The highest BCUT2D eigenvalue weighted by Gasteiger charge is 2.37. The Morgan fingerprint density at radius 2 is 1.82 bits per heavy atom. The fourth-order valence-corrected chi connectivity index (χ4v) is 4.09. The summed E-state index contributed by atoms with van der Waals surface area (Å²) < 4.78 is 6.49. The smallest absolute Gasteiger partial charge is 0.335 e. The molecular weight excluding hydrogens is 508 g/mol. The first kappa shape index (κ1) is 22.8. The summed E-state index contributed by atoms with van der Waals surface area (Å²) in [7, 11) is 0. The average Bonchev–Trinajstić information content (AvgIpc) is 2.77. The van der Waals surface area contributed by atoms with Gasteiger partial charge in [-0.25, -0.2) is 9.69 Å². The zero-order valence-electron chi connectivity index (χ0n) is 17.5. The number of urea groups is 1. The number of hydrogen-bond acceptors (Lipinski definition) is 4. The van der Waals surface area contributed by atoms with Gasteiger partial charge in [0.1, 0.15) is 17.9 Å². The van der Waals surface area contributed by atoms with Crippen molar-refractivity contribution in [3.8, 4) is 5.75 Å². The van der Waals surface area contributed by atoms with Crippen molar-refractivity contribution in [1.29, 1.82) is 0 Å². The molecule has 3 aromatic carbocycles. The maximum atomic E-state index is 13.1. The molecule has 0 aromatic heterocycles. The largest absolute Gasteiger partial charge is 0.488 e. The van der Waals surface area contributed by atoms with Crippen LogP contribution in [0.3, 0.4) is 0 Å². The SMILES string of the molecule is Cc1ccccc1N1C(=O)NC(=O)/C(=C\c2ccc(OCc3cccc(Cl)c3)c(Br)c2)C1=O. The maximum Gasteiger partial charge on any atom is 0.335 e. The van der Waals surface area contributed by atoms with Crippen molar-refractivity contribution in [2.75, 3.05) is 4.90 Å². The zero-order valence-corrected chi connectivity index (χ0v) is 19.8. The number of imide groups is 2. The van der Waals surface area contributed by atoms with Crippen LogP contribution in [-0.4, -0.2) is 17.8 Å². The van der Waals surface area contributed by atoms with Crippen LogP contribution in [0.2, 0.25) is 5.02 Å². The van der Waals surface area contributed by atoms with Crippen molar-refractivity contribution in [1.82, 2.24) is 5.32 Å². The van der Waals surface area contributed by atoms with Gasteiger partial charge in [-0.15, -0.1) is 0 Å². The number of nitrogens with zero attached hydrogens (tertiary/aromatic N) is 1. The second-order valence-corrected chi connectivity index (χ2v) is 8.64. The molecule has 4 rings (SSSR count). The molecule has 0 aliphatic carbocycles. The van der Waals surface area contributed by atoms with Gasteiger partial charge in [0.05, 0.1) is 10.2 Å². The third kappa shape index (κ3) is 4.99. The summed E-state index contributed by atoms with van der Waals surface area (Å²) in [6.07, 6.45) is 1.45. The number of halogens is 2. The lowest BCUT2D eigenvalue weighted by atomic mass is 10.1. The monoisotopic (exact) mass is 524 g/mol. The topological polar surface area (TPSA) is 75.7 Å². The number of amides is 4. The van der Waals surface area contributed by atoms with Gasteiger partial charge < -0.3 is 4.74 Å². The Morgan fingerprint density at radius 1 is 1.03 bits per heavy atom. The van der Waals surface area contributed by atoms with Crippen LogP contribution in [0.4, 0.5) is 10.5 Å². The van der Waals surface area contributed by atoms with Crippen molar-refractivity contribution >= 4 is 57.1 Å². The lowest BCUT2D eigenvalue weighted by Gasteiger charge is -2.27. The molecule has 0 radical (unpaired) electrons. The van der Waals surface area contributed by atoms with E-state index in [2.05, 4.69) is 21.2 Å². The first-order valence-corrected chi connectivity index (χ1v) is 11.1. The second kappa shape index (κ2) is 9.60. The molecule has 0 saturated carbocycles. The van der Waals surface area contributed by atoms with Crippen LogP contribution in [0.15, 0.2) is 76.8 Å². The van der Waals surface area contributed by atoms with Gasteiger partial charge in [-0.1, -0.05) is 48.0 Å². The van der Waals surface area contributed by atoms with Crippen LogP contribution < -0.4 is 15.0 Å². The molecule has 166 valence electrons. The van der Waals surface area contributed by atoms with E-state index < -0.39 is 17.8 Å². The number of rotatable bonds is 5. The van der Waals surface area contributed by atoms with Gasteiger partial charge in [0.15, 0.2) is 0 Å². The van der Waals surface area contributed by atoms with Crippen LogP contribution in [-0.2, 0) is 16.2 Å². The summed E-state index contributed by atoms with van der Waals surface area (Å²) in [5, 5.41) is 2.87. The van der Waals surface area contributed by atoms with Gasteiger partial charge >= 0.3 is 6.03 Å². The Hall–Kier alpha value is -3.42. The number of carbonyl (C=O) groups is 3. The molecular formula is C25H18BrClN2O4. The number of para-hydroxylation sites is 1. The summed E-state index contributed by atoms with van der Waals surface area (Å²) in [4.78, 5) is 38.9. The van der Waals surface area contributed by atoms with E-state index in [0.29, 0.717) is 33.1 Å². The molecule has 0 atom stereocenters. The molecule has 0 spiro atoms. The van der Waals surface area contributed by atoms with Gasteiger partial charge in [-0.05, 0) is 76.0 Å². The molecule has 1 aliphatic heterocycles. The van der Waals surface area contributed by atoms with Crippen LogP contribution >= 0.6 is 27.5 Å². The molecule has 0 bridgehead atoms. The fourth-order valence-electron chi connectivity index (χ4n) is 3.37. The van der Waals surface area contributed by atoms with Crippen LogP contribution in [0.1, 0.15) is 16.7 Å². The number of ether oxygens (including phenoxy) is 1. The van der Waals surface area contributed by atoms with Crippen LogP contribution in [0.25, 0.3) is 6.08 Å². The van der Waals surface area contributed by atoms with Crippen LogP contribution in [0, 0.1) is 6.92 Å². The molecule has 1 aliphatic rings. The van der Waals surface area contributed by atoms with E-state index in [0.717, 1.165) is 16.0 Å². The molecule has 1 saturated heterocycles. The molecule has 1 N–H and O–H groups in total. The Kier molecular flexibility index (Phi) is 6.62. The van der Waals surface area contributed by atoms with E-state index >= 15 is 0 Å². The van der Waals surface area contributed by atoms with Gasteiger partial charge in [0.25, 0.3) is 11.8 Å². The Balaban J connectivity index is 1.57. The minimum atomic E-state index is -0.776. The number of carbonyl (C=O) groups excluding carboxylic acids is 3. The number of barbiturate groups is 1. The number of benzene rings is 3. The highest BCUT2D eigenvalue weighted by molar-refractivity contribution is 9.10. The summed E-state index contributed by atoms with van der Waals surface area (Å²) in [5.41, 5.74) is 2.53. The zero-order chi connectivity index (χ0) is 23.5. The molecule has 6 nitrogen and oxygen atoms in total. The summed E-state index contributed by atoms with van der Waals surface area (Å²) in [5.74, 6) is -0.837. The molecule has 1 heterocycles. The number of anilines is 1. The van der Waals surface area contributed by atoms with Gasteiger partial charge in [0.2, 0.25) is 0 Å². The highest BCUT2D eigenvalue weighted by atomic mass is 79.9. The number of aryl methyl sites for hydroxylation is 1. The first-order chi connectivity index (χ1) is 15.8. The maximum absolute atomic E-state index is 13.1. The minimum Gasteiger partial charge on any atom is -0.488 e. The van der Waals surface area contributed by atoms with E-state index in [-0.39, 0.29) is 5.57 Å². The lowest BCUT2D eigenvalue weighted by molar-refractivity contribution is -0.122. The molecule has 4 amide bonds. The molecule has 3 aromatic rings. The van der Waals surface area contributed by atoms with E-state index in [1.807, 2.05) is 18.2 Å². The Morgan fingerprint density at radius 3 is 2.55 bits per heavy atom. The summed E-state index contributed by atoms with van der Waals surface area (Å²) in [6, 6.07) is 18.8. The first-order valence-electron chi connectivity index (χ1n) is 9.97. The quantitative estimate of drug-likeness (QED) is 0.345. The number of hydrogen-bond donors (Lipinski definition) is 1. The Labute approximate surface area is 203 Å². The molecule has 0 unspecified atom stereocenters. The van der Waals surface area contributed by atoms with Crippen molar-refractivity contribution < 1.29 is 19.1 Å². The second-order valence-electron chi connectivity index (χ2n) is 7.35. The van der Waals surface area contributed by atoms with E-state index in [1.54, 1.807) is 55.5 Å². The van der Waals surface area contributed by atoms with Crippen molar-refractivity contribution in [2.45, 2.75) is 13.5 Å². The predicted octanol–water partition coefficient (Wildman–Crippen LogP) is 5.66. The molecule has 8 heteroatoms. The molecule has 1 fully saturated rings. The van der Waals surface area contributed by atoms with Gasteiger partial charge in [-0.3, -0.25) is 14.9 Å². The standard InChI is InChI=1S/C25H18BrClN2O4/c1-15-5-2-3-8-21(15)29-24(31)19(23(30)28-25(29)32)12-16-9-10-22(20(26)13-16)33-14-17-6-4-7-18(27)11-17/h2-13H,14H2,1H3,(H,28,30,32)/b19-12+. The third-order valence-electron chi connectivity index (χ3n) is 5.01. The van der Waals surface area contributed by atoms with Crippen LogP contribution in [0.5, 0.6) is 5.75 Å².